The van der Waals surface area contributed by atoms with Crippen molar-refractivity contribution < 1.29 is 17.0 Å². The number of benzene rings is 3. The van der Waals surface area contributed by atoms with Crippen molar-refractivity contribution in [3.8, 4) is 0 Å². The molecule has 152 valence electrons. The second-order valence-electron chi connectivity index (χ2n) is 7.78. The summed E-state index contributed by atoms with van der Waals surface area (Å²) >= 11 is 0. The number of hydrogen-bond acceptors (Lipinski definition) is 1. The summed E-state index contributed by atoms with van der Waals surface area (Å²) in [5.41, 5.74) is 7.38. The first-order chi connectivity index (χ1) is 14.0. The van der Waals surface area contributed by atoms with Gasteiger partial charge in [-0.3, -0.25) is 0 Å². The van der Waals surface area contributed by atoms with Crippen molar-refractivity contribution >= 4 is 27.7 Å². The topological polar surface area (TPSA) is 6.25 Å². The van der Waals surface area contributed by atoms with E-state index in [-0.39, 0.29) is 12.4 Å². The molecule has 2 nitrogen and oxygen atoms in total. The summed E-state index contributed by atoms with van der Waals surface area (Å²) in [5.74, 6) is 0. The number of fused-ring (bicyclic) bond motifs is 1. The average molecular weight is 415 g/mol. The van der Waals surface area contributed by atoms with Crippen LogP contribution in [0.1, 0.15) is 11.1 Å². The molecule has 0 aromatic heterocycles. The van der Waals surface area contributed by atoms with Gasteiger partial charge in [-0.15, -0.1) is 0 Å². The predicted octanol–water partition coefficient (Wildman–Crippen LogP) is 2.55. The standard InChI is InChI=1S/C27H27N2.ClH/c1-28(2)23-16-12-21(13-17-23)27(22-14-18-24(19-15-22)29(3)4)26-11-7-9-20-8-5-6-10-25(20)26;/h5-19H,1-4H3;1H/q+1;/p-1. The Hall–Kier alpha value is -3.10. The van der Waals surface area contributed by atoms with E-state index >= 15 is 0 Å². The van der Waals surface area contributed by atoms with Gasteiger partial charge >= 0.3 is 0 Å². The lowest BCUT2D eigenvalue weighted by Gasteiger charge is -2.18. The molecule has 0 N–H and O–H groups in total. The van der Waals surface area contributed by atoms with Gasteiger partial charge in [0, 0.05) is 31.9 Å². The van der Waals surface area contributed by atoms with Gasteiger partial charge in [-0.25, -0.2) is 4.58 Å². The molecule has 0 fully saturated rings. The molecular formula is C27H27ClN2. The van der Waals surface area contributed by atoms with Crippen LogP contribution >= 0.6 is 0 Å². The van der Waals surface area contributed by atoms with Gasteiger partial charge in [0.2, 0.25) is 0 Å². The zero-order valence-electron chi connectivity index (χ0n) is 17.9. The summed E-state index contributed by atoms with van der Waals surface area (Å²) in [7, 11) is 8.29. The highest BCUT2D eigenvalue weighted by atomic mass is 35.5. The van der Waals surface area contributed by atoms with E-state index in [4.69, 9.17) is 0 Å². The second kappa shape index (κ2) is 9.15. The van der Waals surface area contributed by atoms with Crippen LogP contribution < -0.4 is 17.3 Å². The molecule has 0 atom stereocenters. The Labute approximate surface area is 185 Å². The Morgan fingerprint density at radius 2 is 1.37 bits per heavy atom. The van der Waals surface area contributed by atoms with Crippen LogP contribution in [0, 0.1) is 0 Å². The first-order valence-corrected chi connectivity index (χ1v) is 9.95. The summed E-state index contributed by atoms with van der Waals surface area (Å²) in [6.07, 6.45) is 8.84. The summed E-state index contributed by atoms with van der Waals surface area (Å²) in [5, 5.41) is 2.54. The Morgan fingerprint density at radius 1 is 0.733 bits per heavy atom. The van der Waals surface area contributed by atoms with Crippen molar-refractivity contribution in [1.29, 1.82) is 0 Å². The molecule has 0 bridgehead atoms. The highest BCUT2D eigenvalue weighted by Gasteiger charge is 2.15. The van der Waals surface area contributed by atoms with Crippen LogP contribution in [0.3, 0.4) is 0 Å². The van der Waals surface area contributed by atoms with E-state index in [9.17, 15) is 0 Å². The van der Waals surface area contributed by atoms with Gasteiger partial charge in [-0.2, -0.15) is 0 Å². The molecule has 0 radical (unpaired) electrons. The molecule has 30 heavy (non-hydrogen) atoms. The number of allylic oxidation sites excluding steroid dienone is 5. The van der Waals surface area contributed by atoms with E-state index in [2.05, 4.69) is 129 Å². The molecule has 0 saturated carbocycles. The maximum absolute atomic E-state index is 2.23. The van der Waals surface area contributed by atoms with E-state index in [1.807, 2.05) is 0 Å². The third-order valence-electron chi connectivity index (χ3n) is 5.40. The zero-order valence-corrected chi connectivity index (χ0v) is 18.7. The van der Waals surface area contributed by atoms with Gasteiger partial charge in [0.15, 0.2) is 5.71 Å². The van der Waals surface area contributed by atoms with Crippen LogP contribution in [0.4, 0.5) is 5.69 Å². The quantitative estimate of drug-likeness (QED) is 0.597. The third kappa shape index (κ3) is 4.24. The minimum Gasteiger partial charge on any atom is -1.00 e. The Balaban J connectivity index is 0.00000256. The molecule has 1 aliphatic rings. The largest absolute Gasteiger partial charge is 1.00 e. The van der Waals surface area contributed by atoms with Crippen LogP contribution in [0.15, 0.2) is 96.6 Å². The molecule has 3 aromatic rings. The van der Waals surface area contributed by atoms with Crippen molar-refractivity contribution in [2.75, 3.05) is 33.1 Å². The van der Waals surface area contributed by atoms with Gasteiger partial charge in [0.05, 0.1) is 0 Å². The smallest absolute Gasteiger partial charge is 0.199 e. The van der Waals surface area contributed by atoms with E-state index < -0.39 is 0 Å². The zero-order chi connectivity index (χ0) is 20.4. The van der Waals surface area contributed by atoms with E-state index in [0.717, 1.165) is 0 Å². The number of hydrogen-bond donors (Lipinski definition) is 0. The third-order valence-corrected chi connectivity index (χ3v) is 5.40. The number of rotatable bonds is 3. The maximum Gasteiger partial charge on any atom is 0.199 e. The van der Waals surface area contributed by atoms with Crippen molar-refractivity contribution in [3.05, 3.63) is 108 Å². The van der Waals surface area contributed by atoms with Crippen LogP contribution in [0.5, 0.6) is 0 Å². The highest BCUT2D eigenvalue weighted by Crippen LogP contribution is 2.34. The SMILES string of the molecule is CN(C)c1ccc(C(=C2C=CC(=[N+](C)C)C=C2)c2cccc3ccccc23)cc1.[Cl-]. The number of halogens is 1. The summed E-state index contributed by atoms with van der Waals surface area (Å²) in [4.78, 5) is 2.13. The highest BCUT2D eigenvalue weighted by molar-refractivity contribution is 6.05. The van der Waals surface area contributed by atoms with Gasteiger partial charge in [0.25, 0.3) is 0 Å². The van der Waals surface area contributed by atoms with Gasteiger partial charge in [-0.05, 0) is 57.3 Å². The van der Waals surface area contributed by atoms with Crippen LogP contribution in [0.25, 0.3) is 16.3 Å². The molecule has 0 aliphatic heterocycles. The Morgan fingerprint density at radius 3 is 2.00 bits per heavy atom. The summed E-state index contributed by atoms with van der Waals surface area (Å²) in [6.45, 7) is 0. The van der Waals surface area contributed by atoms with Crippen molar-refractivity contribution in [1.82, 2.24) is 0 Å². The first kappa shape index (κ1) is 21.6. The van der Waals surface area contributed by atoms with Crippen molar-refractivity contribution in [3.63, 3.8) is 0 Å². The fraction of sp³-hybridized carbons (Fsp3) is 0.148. The molecule has 0 unspecified atom stereocenters. The molecule has 0 heterocycles. The summed E-state index contributed by atoms with van der Waals surface area (Å²) < 4.78 is 2.13. The van der Waals surface area contributed by atoms with E-state index in [1.54, 1.807) is 0 Å². The number of nitrogens with zero attached hydrogens (tertiary/aromatic N) is 2. The minimum atomic E-state index is 0. The monoisotopic (exact) mass is 414 g/mol. The lowest BCUT2D eigenvalue weighted by Crippen LogP contribution is -3.00. The van der Waals surface area contributed by atoms with Crippen molar-refractivity contribution in [2.24, 2.45) is 0 Å². The van der Waals surface area contributed by atoms with Gasteiger partial charge in [-0.1, -0.05) is 54.6 Å². The molecule has 4 rings (SSSR count). The molecule has 1 aliphatic carbocycles. The fourth-order valence-electron chi connectivity index (χ4n) is 3.77. The Bertz CT molecular complexity index is 1150. The molecular weight excluding hydrogens is 388 g/mol. The Kier molecular flexibility index (Phi) is 6.59. The fourth-order valence-corrected chi connectivity index (χ4v) is 3.77. The lowest BCUT2D eigenvalue weighted by atomic mass is 9.88. The predicted molar refractivity (Wildman–Crippen MR) is 126 cm³/mol. The van der Waals surface area contributed by atoms with Crippen LogP contribution in [0.2, 0.25) is 0 Å². The lowest BCUT2D eigenvalue weighted by molar-refractivity contribution is -0.462. The second-order valence-corrected chi connectivity index (χ2v) is 7.78. The molecule has 0 saturated heterocycles. The molecule has 3 aromatic carbocycles. The minimum absolute atomic E-state index is 0. The molecule has 3 heteroatoms. The summed E-state index contributed by atoms with van der Waals surface area (Å²) in [6, 6.07) is 24.0. The van der Waals surface area contributed by atoms with Crippen molar-refractivity contribution in [2.45, 2.75) is 0 Å². The van der Waals surface area contributed by atoms with E-state index in [0.29, 0.717) is 0 Å². The number of anilines is 1. The maximum atomic E-state index is 2.23. The molecule has 0 amide bonds. The first-order valence-electron chi connectivity index (χ1n) is 9.95. The van der Waals surface area contributed by atoms with Crippen LogP contribution in [-0.2, 0) is 0 Å². The van der Waals surface area contributed by atoms with E-state index in [1.165, 1.54) is 44.4 Å². The van der Waals surface area contributed by atoms with Gasteiger partial charge < -0.3 is 17.3 Å². The normalized spacial score (nSPS) is 12.7. The molecule has 0 spiro atoms. The average Bonchev–Trinajstić information content (AvgIpc) is 2.75. The van der Waals surface area contributed by atoms with Gasteiger partial charge in [0.1, 0.15) is 14.1 Å². The van der Waals surface area contributed by atoms with Crippen LogP contribution in [-0.4, -0.2) is 38.5 Å².